The highest BCUT2D eigenvalue weighted by molar-refractivity contribution is 6.10. The normalized spacial score (nSPS) is 17.4. The molecular weight excluding hydrogens is 486 g/mol. The molecule has 0 saturated heterocycles. The van der Waals surface area contributed by atoms with Gasteiger partial charge in [0.2, 0.25) is 5.89 Å². The predicted octanol–water partition coefficient (Wildman–Crippen LogP) is 2.73. The Bertz CT molecular complexity index is 1380. The average Bonchev–Trinajstić information content (AvgIpc) is 3.35. The maximum absolute atomic E-state index is 14.0. The van der Waals surface area contributed by atoms with Gasteiger partial charge in [0, 0.05) is 17.9 Å². The number of carbonyl (C=O) groups excluding carboxylic acids is 2. The molecule has 1 aromatic carbocycles. The molecule has 0 aliphatic carbocycles. The maximum atomic E-state index is 14.0. The Labute approximate surface area is 201 Å². The molecule has 2 aromatic heterocycles. The van der Waals surface area contributed by atoms with Crippen molar-refractivity contribution in [3.05, 3.63) is 53.1 Å². The second kappa shape index (κ2) is 8.84. The molecule has 1 unspecified atom stereocenters. The van der Waals surface area contributed by atoms with Gasteiger partial charge in [0.25, 0.3) is 11.8 Å². The molecule has 2 amide bonds. The van der Waals surface area contributed by atoms with Crippen molar-refractivity contribution in [1.82, 2.24) is 25.5 Å². The minimum Gasteiger partial charge on any atom is -0.364 e. The lowest BCUT2D eigenvalue weighted by atomic mass is 9.90. The number of aromatic nitrogens is 3. The fourth-order valence-electron chi connectivity index (χ4n) is 3.86. The Kier molecular flexibility index (Phi) is 6.14. The first-order valence-electron chi connectivity index (χ1n) is 10.8. The van der Waals surface area contributed by atoms with Crippen LogP contribution in [0.1, 0.15) is 53.3 Å². The number of fused-ring (bicyclic) bond motifs is 1. The molecule has 4 rings (SSSR count). The van der Waals surface area contributed by atoms with Crippen LogP contribution < -0.4 is 11.1 Å². The highest BCUT2D eigenvalue weighted by Gasteiger charge is 2.55. The minimum atomic E-state index is -4.88. The van der Waals surface area contributed by atoms with E-state index in [0.29, 0.717) is 12.2 Å². The quantitative estimate of drug-likeness (QED) is 0.489. The number of halogens is 4. The van der Waals surface area contributed by atoms with Crippen molar-refractivity contribution in [1.29, 1.82) is 0 Å². The highest BCUT2D eigenvalue weighted by Crippen LogP contribution is 2.35. The number of carbonyl (C=O) groups is 2. The van der Waals surface area contributed by atoms with E-state index in [0.717, 1.165) is 23.2 Å². The molecule has 0 fully saturated rings. The Morgan fingerprint density at radius 1 is 1.22 bits per heavy atom. The van der Waals surface area contributed by atoms with Gasteiger partial charge in [0.15, 0.2) is 11.5 Å². The summed E-state index contributed by atoms with van der Waals surface area (Å²) in [6.45, 7) is 4.49. The Hall–Kier alpha value is -4.10. The van der Waals surface area contributed by atoms with Crippen LogP contribution >= 0.6 is 0 Å². The molecule has 14 heteroatoms. The van der Waals surface area contributed by atoms with Gasteiger partial charge in [-0.1, -0.05) is 12.1 Å². The molecule has 0 saturated carbocycles. The van der Waals surface area contributed by atoms with Gasteiger partial charge < -0.3 is 15.6 Å². The first-order chi connectivity index (χ1) is 16.8. The van der Waals surface area contributed by atoms with Crippen LogP contribution in [0.2, 0.25) is 0 Å². The van der Waals surface area contributed by atoms with Crippen LogP contribution in [0.15, 0.2) is 33.9 Å². The smallest absolute Gasteiger partial charge is 0.364 e. The monoisotopic (exact) mass is 507 g/mol. The summed E-state index contributed by atoms with van der Waals surface area (Å²) in [5.74, 6) is -2.19. The van der Waals surface area contributed by atoms with Crippen LogP contribution in [0.4, 0.5) is 17.6 Å². The number of pyridine rings is 1. The van der Waals surface area contributed by atoms with Gasteiger partial charge >= 0.3 is 6.18 Å². The highest BCUT2D eigenvalue weighted by atomic mass is 19.4. The summed E-state index contributed by atoms with van der Waals surface area (Å²) in [7, 11) is 0. The molecule has 36 heavy (non-hydrogen) atoms. The van der Waals surface area contributed by atoms with Gasteiger partial charge in [0.05, 0.1) is 16.6 Å². The summed E-state index contributed by atoms with van der Waals surface area (Å²) >= 11 is 0. The number of amides is 2. The molecule has 1 aliphatic rings. The minimum absolute atomic E-state index is 0.0587. The lowest BCUT2D eigenvalue weighted by Gasteiger charge is -2.35. The molecule has 0 bridgehead atoms. The van der Waals surface area contributed by atoms with Crippen LogP contribution in [0.5, 0.6) is 0 Å². The van der Waals surface area contributed by atoms with E-state index in [-0.39, 0.29) is 34.6 Å². The topological polar surface area (TPSA) is 140 Å². The molecule has 3 aromatic rings. The Balaban J connectivity index is 1.71. The molecule has 1 aliphatic heterocycles. The van der Waals surface area contributed by atoms with Crippen molar-refractivity contribution in [2.24, 2.45) is 10.8 Å². The van der Waals surface area contributed by atoms with E-state index in [1.165, 1.54) is 19.9 Å². The number of primary amides is 1. The van der Waals surface area contributed by atoms with Crippen molar-refractivity contribution in [2.45, 2.75) is 51.5 Å². The third kappa shape index (κ3) is 4.57. The summed E-state index contributed by atoms with van der Waals surface area (Å²) < 4.78 is 60.7. The van der Waals surface area contributed by atoms with E-state index >= 15 is 0 Å². The van der Waals surface area contributed by atoms with Crippen molar-refractivity contribution in [3.63, 3.8) is 0 Å². The van der Waals surface area contributed by atoms with E-state index in [2.05, 4.69) is 25.5 Å². The Morgan fingerprint density at radius 2 is 1.94 bits per heavy atom. The number of nitrogens with zero attached hydrogens (tertiary/aromatic N) is 5. The third-order valence-corrected chi connectivity index (χ3v) is 5.82. The molecule has 0 radical (unpaired) electrons. The number of benzene rings is 1. The van der Waals surface area contributed by atoms with Gasteiger partial charge in [0.1, 0.15) is 24.1 Å². The Morgan fingerprint density at radius 3 is 2.56 bits per heavy atom. The van der Waals surface area contributed by atoms with E-state index in [1.807, 2.05) is 0 Å². The molecule has 3 heterocycles. The van der Waals surface area contributed by atoms with Crippen molar-refractivity contribution < 1.29 is 31.7 Å². The lowest BCUT2D eigenvalue weighted by Crippen LogP contribution is -2.57. The van der Waals surface area contributed by atoms with Gasteiger partial charge in [-0.3, -0.25) is 14.6 Å². The van der Waals surface area contributed by atoms with E-state index in [9.17, 15) is 27.2 Å². The van der Waals surface area contributed by atoms with Crippen LogP contribution in [0.3, 0.4) is 0 Å². The van der Waals surface area contributed by atoms with Crippen LogP contribution in [0.25, 0.3) is 10.9 Å². The van der Waals surface area contributed by atoms with Gasteiger partial charge in [-0.05, 0) is 32.0 Å². The third-order valence-electron chi connectivity index (χ3n) is 5.82. The summed E-state index contributed by atoms with van der Waals surface area (Å²) in [4.78, 5) is 33.0. The van der Waals surface area contributed by atoms with Crippen LogP contribution in [-0.2, 0) is 13.0 Å². The fourth-order valence-corrected chi connectivity index (χ4v) is 3.86. The fraction of sp³-hybridized carbons (Fsp3) is 0.364. The van der Waals surface area contributed by atoms with E-state index in [1.54, 1.807) is 6.92 Å². The largest absolute Gasteiger partial charge is 0.433 e. The number of nitrogens with one attached hydrogen (secondary N) is 1. The van der Waals surface area contributed by atoms with E-state index < -0.39 is 41.1 Å². The zero-order valence-electron chi connectivity index (χ0n) is 19.4. The second-order valence-corrected chi connectivity index (χ2v) is 8.64. The molecular formula is C22H21F4N7O3. The van der Waals surface area contributed by atoms with Gasteiger partial charge in [-0.15, -0.1) is 0 Å². The summed E-state index contributed by atoms with van der Waals surface area (Å²) in [5, 5.41) is 11.1. The number of nitrogens with two attached hydrogens (primary N) is 1. The number of aryl methyl sites for hydroxylation is 1. The van der Waals surface area contributed by atoms with Crippen molar-refractivity contribution in [3.8, 4) is 0 Å². The van der Waals surface area contributed by atoms with E-state index in [4.69, 9.17) is 10.3 Å². The molecule has 1 atom stereocenters. The lowest BCUT2D eigenvalue weighted by molar-refractivity contribution is -0.0614. The van der Waals surface area contributed by atoms with Gasteiger partial charge in [-0.2, -0.15) is 23.3 Å². The predicted molar refractivity (Wildman–Crippen MR) is 118 cm³/mol. The van der Waals surface area contributed by atoms with Crippen molar-refractivity contribution in [2.75, 3.05) is 0 Å². The van der Waals surface area contributed by atoms with Crippen LogP contribution in [0, 0.1) is 5.82 Å². The van der Waals surface area contributed by atoms with Crippen molar-refractivity contribution >= 4 is 28.4 Å². The number of alkyl halides is 3. The maximum Gasteiger partial charge on any atom is 0.433 e. The number of rotatable bonds is 6. The number of hydrazone groups is 1. The average molecular weight is 507 g/mol. The zero-order valence-corrected chi connectivity index (χ0v) is 19.4. The molecule has 10 nitrogen and oxygen atoms in total. The number of hydrogen-bond donors (Lipinski definition) is 2. The standard InChI is InChI=1S/C22H21F4N7O3/c1-4-15-29-16(36-32-15)9-33-21(2,3)17(18(31-33)22(24,25)26)30-20(35)12-8-14(19(27)34)28-13-7-10(23)5-6-11(12)13/h5-8,17H,4,9H2,1-3H3,(H2,27,34)(H,30,35). The summed E-state index contributed by atoms with van der Waals surface area (Å²) in [6.07, 6.45) is -4.41. The van der Waals surface area contributed by atoms with Crippen LogP contribution in [-0.4, -0.2) is 55.4 Å². The molecule has 3 N–H and O–H groups in total. The first-order valence-corrected chi connectivity index (χ1v) is 10.8. The SMILES string of the molecule is CCc1noc(CN2N=C(C(F)(F)F)C(NC(=O)c3cc(C(N)=O)nc4cc(F)ccc34)C2(C)C)n1. The molecule has 0 spiro atoms. The number of hydrogen-bond acceptors (Lipinski definition) is 8. The zero-order chi connectivity index (χ0) is 26.4. The summed E-state index contributed by atoms with van der Waals surface area (Å²) in [6, 6.07) is 2.70. The first kappa shape index (κ1) is 25.0. The van der Waals surface area contributed by atoms with Gasteiger partial charge in [-0.25, -0.2) is 9.37 Å². The summed E-state index contributed by atoms with van der Waals surface area (Å²) in [5.41, 5.74) is 2.05. The second-order valence-electron chi connectivity index (χ2n) is 8.64. The molecule has 190 valence electrons.